The predicted molar refractivity (Wildman–Crippen MR) is 102 cm³/mol. The maximum atomic E-state index is 9.22. The van der Waals surface area contributed by atoms with Crippen LogP contribution in [0.3, 0.4) is 0 Å². The predicted octanol–water partition coefficient (Wildman–Crippen LogP) is 5.26. The third-order valence-corrected chi connectivity index (χ3v) is 5.01. The van der Waals surface area contributed by atoms with E-state index in [2.05, 4.69) is 30.3 Å². The van der Waals surface area contributed by atoms with Crippen LogP contribution in [-0.4, -0.2) is 7.11 Å². The van der Waals surface area contributed by atoms with Crippen molar-refractivity contribution in [3.8, 4) is 29.0 Å². The van der Waals surface area contributed by atoms with Crippen molar-refractivity contribution in [2.75, 3.05) is 7.11 Å². The van der Waals surface area contributed by atoms with E-state index in [0.717, 1.165) is 46.1 Å². The Hall–Kier alpha value is -3.56. The smallest absolute Gasteiger partial charge is 0.133 e. The zero-order valence-electron chi connectivity index (χ0n) is 14.4. The molecule has 3 aromatic rings. The quantitative estimate of drug-likeness (QED) is 0.600. The summed E-state index contributed by atoms with van der Waals surface area (Å²) >= 11 is 0. The summed E-state index contributed by atoms with van der Waals surface area (Å²) in [5.74, 6) is 0.848. The molecule has 0 fully saturated rings. The second-order valence-corrected chi connectivity index (χ2v) is 6.34. The van der Waals surface area contributed by atoms with Crippen LogP contribution in [0.15, 0.2) is 60.2 Å². The number of hydrogen-bond donors (Lipinski definition) is 0. The Morgan fingerprint density at radius 1 is 0.885 bits per heavy atom. The minimum absolute atomic E-state index is 0.228. The molecular weight excluding hydrogens is 320 g/mol. The maximum absolute atomic E-state index is 9.22. The van der Waals surface area contributed by atoms with Crippen LogP contribution in [0, 0.1) is 22.7 Å². The molecule has 1 aliphatic carbocycles. The Labute approximate surface area is 152 Å². The van der Waals surface area contributed by atoms with E-state index in [0.29, 0.717) is 0 Å². The van der Waals surface area contributed by atoms with Gasteiger partial charge < -0.3 is 4.74 Å². The van der Waals surface area contributed by atoms with Gasteiger partial charge in [-0.15, -0.1) is 0 Å². The van der Waals surface area contributed by atoms with Crippen molar-refractivity contribution in [1.82, 2.24) is 0 Å². The van der Waals surface area contributed by atoms with Gasteiger partial charge in [-0.2, -0.15) is 10.5 Å². The standard InChI is InChI=1S/C23H16N2O/c1-26-19-8-7-15-11-17(6-5-16(15)12-19)20-3-2-4-22-21(9-10-23(20)22)18(13-24)14-25/h2-8,11-12H,9-10H2,1H3. The van der Waals surface area contributed by atoms with Crippen LogP contribution in [0.5, 0.6) is 5.75 Å². The molecule has 3 aromatic carbocycles. The highest BCUT2D eigenvalue weighted by Crippen LogP contribution is 2.40. The van der Waals surface area contributed by atoms with Gasteiger partial charge in [0.25, 0.3) is 0 Å². The summed E-state index contributed by atoms with van der Waals surface area (Å²) in [6.07, 6.45) is 1.60. The first-order valence-electron chi connectivity index (χ1n) is 8.49. The minimum atomic E-state index is 0.228. The highest BCUT2D eigenvalue weighted by atomic mass is 16.5. The molecule has 3 heteroatoms. The number of nitriles is 2. The van der Waals surface area contributed by atoms with Gasteiger partial charge in [0.05, 0.1) is 7.11 Å². The highest BCUT2D eigenvalue weighted by molar-refractivity contribution is 5.91. The number of allylic oxidation sites excluding steroid dienone is 2. The molecule has 0 radical (unpaired) electrons. The summed E-state index contributed by atoms with van der Waals surface area (Å²) in [6.45, 7) is 0. The Balaban J connectivity index is 1.86. The van der Waals surface area contributed by atoms with E-state index in [-0.39, 0.29) is 5.57 Å². The van der Waals surface area contributed by atoms with E-state index >= 15 is 0 Å². The van der Waals surface area contributed by atoms with Crippen molar-refractivity contribution >= 4 is 16.3 Å². The summed E-state index contributed by atoms with van der Waals surface area (Å²) in [4.78, 5) is 0. The first kappa shape index (κ1) is 15.9. The third-order valence-electron chi connectivity index (χ3n) is 5.01. The molecule has 0 saturated carbocycles. The molecule has 4 rings (SSSR count). The molecule has 0 bridgehead atoms. The van der Waals surface area contributed by atoms with Crippen molar-refractivity contribution in [3.05, 3.63) is 71.3 Å². The van der Waals surface area contributed by atoms with E-state index < -0.39 is 0 Å². The third kappa shape index (κ3) is 2.51. The molecule has 124 valence electrons. The molecule has 0 atom stereocenters. The number of rotatable bonds is 2. The Bertz CT molecular complexity index is 1130. The zero-order chi connectivity index (χ0) is 18.1. The maximum Gasteiger partial charge on any atom is 0.133 e. The number of methoxy groups -OCH3 is 1. The number of hydrogen-bond acceptors (Lipinski definition) is 3. The summed E-state index contributed by atoms with van der Waals surface area (Å²) in [6, 6.07) is 22.7. The van der Waals surface area contributed by atoms with Crippen molar-refractivity contribution in [3.63, 3.8) is 0 Å². The first-order chi connectivity index (χ1) is 12.7. The lowest BCUT2D eigenvalue weighted by Crippen LogP contribution is -1.89. The molecule has 0 saturated heterocycles. The van der Waals surface area contributed by atoms with Crippen molar-refractivity contribution in [2.45, 2.75) is 12.8 Å². The van der Waals surface area contributed by atoms with Gasteiger partial charge in [-0.3, -0.25) is 0 Å². The fourth-order valence-corrected chi connectivity index (χ4v) is 3.73. The lowest BCUT2D eigenvalue weighted by molar-refractivity contribution is 0.415. The summed E-state index contributed by atoms with van der Waals surface area (Å²) < 4.78 is 5.30. The van der Waals surface area contributed by atoms with Crippen LogP contribution in [0.4, 0.5) is 0 Å². The molecule has 0 aromatic heterocycles. The second kappa shape index (κ2) is 6.39. The van der Waals surface area contributed by atoms with E-state index in [4.69, 9.17) is 4.74 Å². The number of ether oxygens (including phenoxy) is 1. The SMILES string of the molecule is COc1ccc2cc(-c3cccc4c3CCC4=C(C#N)C#N)ccc2c1. The van der Waals surface area contributed by atoms with Crippen molar-refractivity contribution < 1.29 is 4.74 Å². The van der Waals surface area contributed by atoms with Gasteiger partial charge in [-0.05, 0) is 69.6 Å². The van der Waals surface area contributed by atoms with Crippen LogP contribution < -0.4 is 4.74 Å². The van der Waals surface area contributed by atoms with Gasteiger partial charge in [0.1, 0.15) is 23.5 Å². The van der Waals surface area contributed by atoms with Crippen LogP contribution in [0.2, 0.25) is 0 Å². The zero-order valence-corrected chi connectivity index (χ0v) is 14.4. The van der Waals surface area contributed by atoms with Crippen LogP contribution in [0.1, 0.15) is 17.5 Å². The highest BCUT2D eigenvalue weighted by Gasteiger charge is 2.22. The molecule has 0 unspecified atom stereocenters. The molecular formula is C23H16N2O. The van der Waals surface area contributed by atoms with E-state index in [9.17, 15) is 10.5 Å². The Morgan fingerprint density at radius 3 is 2.38 bits per heavy atom. The van der Waals surface area contributed by atoms with Crippen LogP contribution in [0.25, 0.3) is 27.5 Å². The van der Waals surface area contributed by atoms with Gasteiger partial charge in [0.2, 0.25) is 0 Å². The number of fused-ring (bicyclic) bond motifs is 2. The number of benzene rings is 3. The van der Waals surface area contributed by atoms with Crippen molar-refractivity contribution in [1.29, 1.82) is 10.5 Å². The van der Waals surface area contributed by atoms with Gasteiger partial charge in [-0.1, -0.05) is 36.4 Å². The Morgan fingerprint density at radius 2 is 1.62 bits per heavy atom. The molecule has 0 N–H and O–H groups in total. The van der Waals surface area contributed by atoms with Gasteiger partial charge in [0.15, 0.2) is 0 Å². The van der Waals surface area contributed by atoms with Crippen LogP contribution in [-0.2, 0) is 6.42 Å². The largest absolute Gasteiger partial charge is 0.497 e. The van der Waals surface area contributed by atoms with Crippen molar-refractivity contribution in [2.24, 2.45) is 0 Å². The normalized spacial score (nSPS) is 12.3. The lowest BCUT2D eigenvalue weighted by atomic mass is 9.94. The fraction of sp³-hybridized carbons (Fsp3) is 0.130. The molecule has 0 aliphatic heterocycles. The molecule has 0 spiro atoms. The summed E-state index contributed by atoms with van der Waals surface area (Å²) in [5, 5.41) is 20.7. The first-order valence-corrected chi connectivity index (χ1v) is 8.49. The van der Waals surface area contributed by atoms with E-state index in [1.807, 2.05) is 36.4 Å². The molecule has 26 heavy (non-hydrogen) atoms. The topological polar surface area (TPSA) is 56.8 Å². The molecule has 1 aliphatic rings. The molecule has 0 amide bonds. The monoisotopic (exact) mass is 336 g/mol. The van der Waals surface area contributed by atoms with E-state index in [1.165, 1.54) is 11.1 Å². The number of nitrogens with zero attached hydrogens (tertiary/aromatic N) is 2. The lowest BCUT2D eigenvalue weighted by Gasteiger charge is -2.10. The average molecular weight is 336 g/mol. The second-order valence-electron chi connectivity index (χ2n) is 6.34. The fourth-order valence-electron chi connectivity index (χ4n) is 3.73. The molecule has 0 heterocycles. The summed E-state index contributed by atoms with van der Waals surface area (Å²) in [7, 11) is 1.67. The Kier molecular flexibility index (Phi) is 3.92. The van der Waals surface area contributed by atoms with Crippen LogP contribution >= 0.6 is 0 Å². The van der Waals surface area contributed by atoms with Gasteiger partial charge in [-0.25, -0.2) is 0 Å². The summed E-state index contributed by atoms with van der Waals surface area (Å²) in [5.41, 5.74) is 5.68. The average Bonchev–Trinajstić information content (AvgIpc) is 3.12. The molecule has 3 nitrogen and oxygen atoms in total. The van der Waals surface area contributed by atoms with Gasteiger partial charge >= 0.3 is 0 Å². The minimum Gasteiger partial charge on any atom is -0.497 e. The van der Waals surface area contributed by atoms with Gasteiger partial charge in [0, 0.05) is 0 Å². The van der Waals surface area contributed by atoms with E-state index in [1.54, 1.807) is 7.11 Å².